The van der Waals surface area contributed by atoms with Gasteiger partial charge in [0, 0.05) is 13.0 Å². The number of rotatable bonds is 2. The second kappa shape index (κ2) is 2.91. The van der Waals surface area contributed by atoms with Gasteiger partial charge >= 0.3 is 6.18 Å². The molecule has 12 heavy (non-hydrogen) atoms. The highest BCUT2D eigenvalue weighted by Crippen LogP contribution is 2.51. The molecule has 1 aliphatic carbocycles. The highest BCUT2D eigenvalue weighted by Gasteiger charge is 2.47. The van der Waals surface area contributed by atoms with Crippen LogP contribution in [0.15, 0.2) is 0 Å². The van der Waals surface area contributed by atoms with Crippen LogP contribution in [-0.2, 0) is 0 Å². The first-order valence-corrected chi connectivity index (χ1v) is 4.02. The number of halogens is 3. The van der Waals surface area contributed by atoms with Gasteiger partial charge in [-0.25, -0.2) is 0 Å². The third-order valence-corrected chi connectivity index (χ3v) is 2.45. The van der Waals surface area contributed by atoms with Crippen LogP contribution in [0.1, 0.15) is 26.2 Å². The van der Waals surface area contributed by atoms with Crippen molar-refractivity contribution in [1.29, 1.82) is 0 Å². The van der Waals surface area contributed by atoms with Crippen LogP contribution >= 0.6 is 0 Å². The molecule has 1 N–H and O–H groups in total. The first-order valence-electron chi connectivity index (χ1n) is 4.02. The molecule has 1 nitrogen and oxygen atoms in total. The Morgan fingerprint density at radius 2 is 1.92 bits per heavy atom. The number of alkyl halides is 3. The van der Waals surface area contributed by atoms with Crippen LogP contribution in [0.4, 0.5) is 13.2 Å². The molecule has 1 rings (SSSR count). The maximum Gasteiger partial charge on any atom is 0.389 e. The third kappa shape index (κ3) is 2.37. The molecule has 0 bridgehead atoms. The van der Waals surface area contributed by atoms with Crippen LogP contribution in [0.25, 0.3) is 0 Å². The van der Waals surface area contributed by atoms with E-state index in [0.29, 0.717) is 12.8 Å². The minimum absolute atomic E-state index is 0.0213. The molecule has 0 heterocycles. The van der Waals surface area contributed by atoms with Crippen LogP contribution in [-0.4, -0.2) is 17.9 Å². The molecule has 1 saturated carbocycles. The van der Waals surface area contributed by atoms with Crippen LogP contribution in [0.5, 0.6) is 0 Å². The molecule has 1 fully saturated rings. The fourth-order valence-corrected chi connectivity index (χ4v) is 2.09. The summed E-state index contributed by atoms with van der Waals surface area (Å²) in [6.45, 7) is 1.65. The Bertz CT molecular complexity index is 158. The van der Waals surface area contributed by atoms with Crippen molar-refractivity contribution >= 4 is 0 Å². The first-order chi connectivity index (χ1) is 5.35. The third-order valence-electron chi connectivity index (χ3n) is 2.45. The molecular formula is C8H13F3O. The Morgan fingerprint density at radius 1 is 1.42 bits per heavy atom. The summed E-state index contributed by atoms with van der Waals surface area (Å²) in [5.41, 5.74) is -0.606. The average molecular weight is 182 g/mol. The van der Waals surface area contributed by atoms with Gasteiger partial charge in [0.1, 0.15) is 0 Å². The minimum Gasteiger partial charge on any atom is -0.396 e. The van der Waals surface area contributed by atoms with Crippen LogP contribution < -0.4 is 0 Å². The van der Waals surface area contributed by atoms with E-state index in [9.17, 15) is 13.2 Å². The van der Waals surface area contributed by atoms with Crippen LogP contribution in [0.2, 0.25) is 0 Å². The molecule has 0 aromatic heterocycles. The van der Waals surface area contributed by atoms with Gasteiger partial charge in [-0.1, -0.05) is 6.92 Å². The topological polar surface area (TPSA) is 20.2 Å². The van der Waals surface area contributed by atoms with Crippen molar-refractivity contribution in [2.75, 3.05) is 6.61 Å². The second-order valence-electron chi connectivity index (χ2n) is 4.06. The number of hydrogen-bond acceptors (Lipinski definition) is 1. The van der Waals surface area contributed by atoms with E-state index in [4.69, 9.17) is 5.11 Å². The van der Waals surface area contributed by atoms with Crippen molar-refractivity contribution in [1.82, 2.24) is 0 Å². The number of aliphatic hydroxyl groups is 1. The lowest BCUT2D eigenvalue weighted by Gasteiger charge is -2.45. The molecule has 0 aromatic rings. The van der Waals surface area contributed by atoms with Gasteiger partial charge < -0.3 is 5.11 Å². The molecule has 0 radical (unpaired) electrons. The number of hydrogen-bond donors (Lipinski definition) is 1. The van der Waals surface area contributed by atoms with E-state index in [-0.39, 0.29) is 12.5 Å². The molecule has 1 aliphatic rings. The summed E-state index contributed by atoms with van der Waals surface area (Å²) in [5, 5.41) is 8.64. The summed E-state index contributed by atoms with van der Waals surface area (Å²) < 4.78 is 35.8. The summed E-state index contributed by atoms with van der Waals surface area (Å²) >= 11 is 0. The highest BCUT2D eigenvalue weighted by atomic mass is 19.4. The zero-order valence-corrected chi connectivity index (χ0v) is 6.99. The quantitative estimate of drug-likeness (QED) is 0.695. The monoisotopic (exact) mass is 182 g/mol. The van der Waals surface area contributed by atoms with E-state index >= 15 is 0 Å². The van der Waals surface area contributed by atoms with Crippen molar-refractivity contribution < 1.29 is 18.3 Å². The lowest BCUT2D eigenvalue weighted by Crippen LogP contribution is -2.39. The van der Waals surface area contributed by atoms with Gasteiger partial charge in [0.05, 0.1) is 0 Å². The molecule has 0 saturated heterocycles. The molecule has 0 atom stereocenters. The van der Waals surface area contributed by atoms with Gasteiger partial charge in [0.2, 0.25) is 0 Å². The standard InChI is InChI=1S/C8H13F3O/c1-7(5-8(9,10)11)2-6(3-7)4-12/h6,12H,2-5H2,1H3. The van der Waals surface area contributed by atoms with E-state index in [1.807, 2.05) is 0 Å². The van der Waals surface area contributed by atoms with Gasteiger partial charge in [-0.2, -0.15) is 13.2 Å². The van der Waals surface area contributed by atoms with E-state index in [2.05, 4.69) is 0 Å². The number of aliphatic hydroxyl groups excluding tert-OH is 1. The Kier molecular flexibility index (Phi) is 2.38. The zero-order valence-electron chi connectivity index (χ0n) is 6.99. The van der Waals surface area contributed by atoms with Crippen molar-refractivity contribution in [3.8, 4) is 0 Å². The van der Waals surface area contributed by atoms with Gasteiger partial charge in [0.15, 0.2) is 0 Å². The SMILES string of the molecule is CC1(CC(F)(F)F)CC(CO)C1. The largest absolute Gasteiger partial charge is 0.396 e. The molecule has 0 aromatic carbocycles. The van der Waals surface area contributed by atoms with Gasteiger partial charge in [-0.05, 0) is 24.2 Å². The van der Waals surface area contributed by atoms with E-state index in [1.165, 1.54) is 0 Å². The summed E-state index contributed by atoms with van der Waals surface area (Å²) in [7, 11) is 0. The second-order valence-corrected chi connectivity index (χ2v) is 4.06. The minimum atomic E-state index is -4.06. The first kappa shape index (κ1) is 9.84. The highest BCUT2D eigenvalue weighted by molar-refractivity contribution is 4.91. The summed E-state index contributed by atoms with van der Waals surface area (Å²) in [4.78, 5) is 0. The molecule has 0 aliphatic heterocycles. The fourth-order valence-electron chi connectivity index (χ4n) is 2.09. The van der Waals surface area contributed by atoms with Gasteiger partial charge in [-0.3, -0.25) is 0 Å². The van der Waals surface area contributed by atoms with Crippen molar-refractivity contribution in [3.05, 3.63) is 0 Å². The maximum atomic E-state index is 11.9. The average Bonchev–Trinajstić information content (AvgIpc) is 1.78. The smallest absolute Gasteiger partial charge is 0.389 e. The fraction of sp³-hybridized carbons (Fsp3) is 1.00. The molecule has 4 heteroatoms. The molecule has 72 valence electrons. The van der Waals surface area contributed by atoms with Crippen LogP contribution in [0, 0.1) is 11.3 Å². The normalized spacial score (nSPS) is 36.2. The molecule has 0 amide bonds. The Morgan fingerprint density at radius 3 is 2.25 bits per heavy atom. The van der Waals surface area contributed by atoms with Crippen molar-refractivity contribution in [3.63, 3.8) is 0 Å². The lowest BCUT2D eigenvalue weighted by molar-refractivity contribution is -0.174. The predicted molar refractivity (Wildman–Crippen MR) is 38.6 cm³/mol. The van der Waals surface area contributed by atoms with E-state index in [1.54, 1.807) is 6.92 Å². The van der Waals surface area contributed by atoms with Gasteiger partial charge in [-0.15, -0.1) is 0 Å². The molecule has 0 unspecified atom stereocenters. The lowest BCUT2D eigenvalue weighted by atomic mass is 9.62. The molecule has 0 spiro atoms. The zero-order chi connectivity index (χ0) is 9.41. The summed E-state index contributed by atoms with van der Waals surface area (Å²) in [6, 6.07) is 0. The van der Waals surface area contributed by atoms with E-state index in [0.717, 1.165) is 0 Å². The predicted octanol–water partition coefficient (Wildman–Crippen LogP) is 2.35. The van der Waals surface area contributed by atoms with Crippen molar-refractivity contribution in [2.24, 2.45) is 11.3 Å². The Balaban J connectivity index is 2.35. The van der Waals surface area contributed by atoms with Crippen LogP contribution in [0.3, 0.4) is 0 Å². The van der Waals surface area contributed by atoms with Crippen molar-refractivity contribution in [2.45, 2.75) is 32.4 Å². The van der Waals surface area contributed by atoms with E-state index < -0.39 is 18.0 Å². The summed E-state index contributed by atoms with van der Waals surface area (Å²) in [6.07, 6.45) is -3.77. The summed E-state index contributed by atoms with van der Waals surface area (Å²) in [5.74, 6) is 0.0948. The maximum absolute atomic E-state index is 11.9. The Hall–Kier alpha value is -0.250. The molecular weight excluding hydrogens is 169 g/mol. The Labute approximate surface area is 69.6 Å². The van der Waals surface area contributed by atoms with Gasteiger partial charge in [0.25, 0.3) is 0 Å².